The molecule has 1 aromatic rings. The fourth-order valence-electron chi connectivity index (χ4n) is 1.58. The highest BCUT2D eigenvalue weighted by Gasteiger charge is 2.23. The Kier molecular flexibility index (Phi) is 5.46. The van der Waals surface area contributed by atoms with Crippen molar-refractivity contribution in [3.05, 3.63) is 29.3 Å². The standard InChI is InChI=1S/C15H24S2/c1-11-6-7-14(8-12(11)2)17-10-13(9-16)15(3,4)5/h6-8,13,16H,9-10H2,1-5H3. The Hall–Kier alpha value is -0.0800. The van der Waals surface area contributed by atoms with Crippen LogP contribution in [-0.2, 0) is 0 Å². The van der Waals surface area contributed by atoms with Crippen molar-refractivity contribution in [1.29, 1.82) is 0 Å². The van der Waals surface area contributed by atoms with E-state index in [1.54, 1.807) is 0 Å². The number of benzene rings is 1. The summed E-state index contributed by atoms with van der Waals surface area (Å²) in [5.74, 6) is 2.76. The fraction of sp³-hybridized carbons (Fsp3) is 0.600. The highest BCUT2D eigenvalue weighted by Crippen LogP contribution is 2.32. The molecular formula is C15H24S2. The summed E-state index contributed by atoms with van der Waals surface area (Å²) in [5, 5.41) is 0. The van der Waals surface area contributed by atoms with Gasteiger partial charge in [-0.15, -0.1) is 11.8 Å². The SMILES string of the molecule is Cc1ccc(SCC(CS)C(C)(C)C)cc1C. The summed E-state index contributed by atoms with van der Waals surface area (Å²) < 4.78 is 0. The number of aryl methyl sites for hydroxylation is 2. The van der Waals surface area contributed by atoms with E-state index in [4.69, 9.17) is 0 Å². The molecular weight excluding hydrogens is 244 g/mol. The molecule has 0 N–H and O–H groups in total. The van der Waals surface area contributed by atoms with Crippen molar-refractivity contribution < 1.29 is 0 Å². The summed E-state index contributed by atoms with van der Waals surface area (Å²) in [6.45, 7) is 11.2. The molecule has 0 aromatic heterocycles. The molecule has 2 heteroatoms. The Balaban J connectivity index is 2.63. The summed E-state index contributed by atoms with van der Waals surface area (Å²) in [6, 6.07) is 6.73. The maximum absolute atomic E-state index is 4.48. The van der Waals surface area contributed by atoms with E-state index in [-0.39, 0.29) is 0 Å². The second-order valence-corrected chi connectivity index (χ2v) is 7.26. The largest absolute Gasteiger partial charge is 0.179 e. The topological polar surface area (TPSA) is 0 Å². The van der Waals surface area contributed by atoms with Gasteiger partial charge < -0.3 is 0 Å². The zero-order valence-electron chi connectivity index (χ0n) is 11.6. The van der Waals surface area contributed by atoms with Crippen LogP contribution in [0.3, 0.4) is 0 Å². The summed E-state index contributed by atoms with van der Waals surface area (Å²) in [6.07, 6.45) is 0. The highest BCUT2D eigenvalue weighted by molar-refractivity contribution is 7.99. The first-order chi connectivity index (χ1) is 7.84. The summed E-state index contributed by atoms with van der Waals surface area (Å²) in [5.41, 5.74) is 3.10. The Labute approximate surface area is 116 Å². The second-order valence-electron chi connectivity index (χ2n) is 5.80. The molecule has 1 rings (SSSR count). The molecule has 0 radical (unpaired) electrons. The van der Waals surface area contributed by atoms with Gasteiger partial charge in [-0.2, -0.15) is 12.6 Å². The third-order valence-electron chi connectivity index (χ3n) is 3.37. The summed E-state index contributed by atoms with van der Waals surface area (Å²) >= 11 is 6.43. The van der Waals surface area contributed by atoms with Crippen LogP contribution in [0.25, 0.3) is 0 Å². The normalized spacial score (nSPS) is 13.8. The van der Waals surface area contributed by atoms with Gasteiger partial charge in [0.25, 0.3) is 0 Å². The summed E-state index contributed by atoms with van der Waals surface area (Å²) in [4.78, 5) is 1.38. The van der Waals surface area contributed by atoms with E-state index in [2.05, 4.69) is 65.4 Å². The van der Waals surface area contributed by atoms with Crippen molar-refractivity contribution in [3.63, 3.8) is 0 Å². The lowest BCUT2D eigenvalue weighted by atomic mass is 9.83. The van der Waals surface area contributed by atoms with Crippen molar-refractivity contribution in [2.45, 2.75) is 39.5 Å². The van der Waals surface area contributed by atoms with Crippen molar-refractivity contribution in [1.82, 2.24) is 0 Å². The molecule has 0 amide bonds. The predicted molar refractivity (Wildman–Crippen MR) is 83.4 cm³/mol. The number of thioether (sulfide) groups is 1. The first-order valence-corrected chi connectivity index (χ1v) is 7.77. The Morgan fingerprint density at radius 2 is 1.82 bits per heavy atom. The van der Waals surface area contributed by atoms with E-state index in [1.807, 2.05) is 11.8 Å². The van der Waals surface area contributed by atoms with Gasteiger partial charge in [-0.05, 0) is 54.2 Å². The number of rotatable bonds is 4. The lowest BCUT2D eigenvalue weighted by molar-refractivity contribution is 0.294. The van der Waals surface area contributed by atoms with Crippen LogP contribution < -0.4 is 0 Å². The minimum absolute atomic E-state index is 0.342. The summed E-state index contributed by atoms with van der Waals surface area (Å²) in [7, 11) is 0. The molecule has 96 valence electrons. The van der Waals surface area contributed by atoms with Crippen molar-refractivity contribution in [2.24, 2.45) is 11.3 Å². The van der Waals surface area contributed by atoms with E-state index < -0.39 is 0 Å². The van der Waals surface area contributed by atoms with Gasteiger partial charge in [0.05, 0.1) is 0 Å². The van der Waals surface area contributed by atoms with Gasteiger partial charge in [-0.3, -0.25) is 0 Å². The molecule has 0 saturated heterocycles. The maximum Gasteiger partial charge on any atom is 0.00748 e. The van der Waals surface area contributed by atoms with Gasteiger partial charge in [-0.25, -0.2) is 0 Å². The minimum atomic E-state index is 0.342. The zero-order valence-corrected chi connectivity index (χ0v) is 13.3. The van der Waals surface area contributed by atoms with Gasteiger partial charge in [0.2, 0.25) is 0 Å². The third kappa shape index (κ3) is 4.59. The molecule has 1 unspecified atom stereocenters. The van der Waals surface area contributed by atoms with Crippen LogP contribution in [0.5, 0.6) is 0 Å². The molecule has 0 heterocycles. The van der Waals surface area contributed by atoms with E-state index >= 15 is 0 Å². The first kappa shape index (κ1) is 15.0. The van der Waals surface area contributed by atoms with Crippen LogP contribution in [0, 0.1) is 25.2 Å². The molecule has 0 bridgehead atoms. The Morgan fingerprint density at radius 3 is 2.29 bits per heavy atom. The van der Waals surface area contributed by atoms with Crippen LogP contribution >= 0.6 is 24.4 Å². The molecule has 0 spiro atoms. The van der Waals surface area contributed by atoms with Crippen LogP contribution in [-0.4, -0.2) is 11.5 Å². The van der Waals surface area contributed by atoms with Gasteiger partial charge >= 0.3 is 0 Å². The van der Waals surface area contributed by atoms with Gasteiger partial charge in [0, 0.05) is 10.6 Å². The molecule has 0 aliphatic heterocycles. The zero-order chi connectivity index (χ0) is 13.1. The lowest BCUT2D eigenvalue weighted by Crippen LogP contribution is -2.24. The van der Waals surface area contributed by atoms with Crippen molar-refractivity contribution in [2.75, 3.05) is 11.5 Å². The smallest absolute Gasteiger partial charge is 0.00748 e. The van der Waals surface area contributed by atoms with E-state index in [0.29, 0.717) is 11.3 Å². The molecule has 17 heavy (non-hydrogen) atoms. The molecule has 0 saturated carbocycles. The van der Waals surface area contributed by atoms with Gasteiger partial charge in [0.1, 0.15) is 0 Å². The Bertz CT molecular complexity index is 364. The first-order valence-electron chi connectivity index (χ1n) is 6.15. The average molecular weight is 268 g/mol. The number of hydrogen-bond donors (Lipinski definition) is 1. The van der Waals surface area contributed by atoms with Gasteiger partial charge in [0.15, 0.2) is 0 Å². The maximum atomic E-state index is 4.48. The molecule has 0 nitrogen and oxygen atoms in total. The Morgan fingerprint density at radius 1 is 1.18 bits per heavy atom. The van der Waals surface area contributed by atoms with Gasteiger partial charge in [-0.1, -0.05) is 26.8 Å². The minimum Gasteiger partial charge on any atom is -0.179 e. The third-order valence-corrected chi connectivity index (χ3v) is 4.97. The highest BCUT2D eigenvalue weighted by atomic mass is 32.2. The van der Waals surface area contributed by atoms with Crippen LogP contribution in [0.2, 0.25) is 0 Å². The van der Waals surface area contributed by atoms with Crippen molar-refractivity contribution in [3.8, 4) is 0 Å². The van der Waals surface area contributed by atoms with Crippen LogP contribution in [0.4, 0.5) is 0 Å². The molecule has 0 aliphatic rings. The van der Waals surface area contributed by atoms with Crippen molar-refractivity contribution >= 4 is 24.4 Å². The van der Waals surface area contributed by atoms with E-state index in [0.717, 1.165) is 11.5 Å². The van der Waals surface area contributed by atoms with Crippen LogP contribution in [0.15, 0.2) is 23.1 Å². The second kappa shape index (κ2) is 6.19. The number of hydrogen-bond acceptors (Lipinski definition) is 2. The molecule has 1 aromatic carbocycles. The van der Waals surface area contributed by atoms with Crippen LogP contribution in [0.1, 0.15) is 31.9 Å². The average Bonchev–Trinajstić information content (AvgIpc) is 2.22. The predicted octanol–water partition coefficient (Wildman–Crippen LogP) is 4.99. The molecule has 1 atom stereocenters. The fourth-order valence-corrected chi connectivity index (χ4v) is 3.86. The quantitative estimate of drug-likeness (QED) is 0.593. The monoisotopic (exact) mass is 268 g/mol. The van der Waals surface area contributed by atoms with E-state index in [9.17, 15) is 0 Å². The molecule has 0 fully saturated rings. The van der Waals surface area contributed by atoms with E-state index in [1.165, 1.54) is 16.0 Å². The number of thiol groups is 1. The lowest BCUT2D eigenvalue weighted by Gasteiger charge is -2.29. The molecule has 0 aliphatic carbocycles.